The Labute approximate surface area is 129 Å². The van der Waals surface area contributed by atoms with Crippen molar-refractivity contribution >= 4 is 0 Å². The maximum atomic E-state index is 5.65. The van der Waals surface area contributed by atoms with Gasteiger partial charge in [-0.3, -0.25) is 0 Å². The first-order valence-corrected chi connectivity index (χ1v) is 7.96. The molecule has 0 spiro atoms. The van der Waals surface area contributed by atoms with Gasteiger partial charge >= 0.3 is 0 Å². The molecule has 0 saturated carbocycles. The molecule has 0 saturated heterocycles. The Morgan fingerprint density at radius 2 is 1.90 bits per heavy atom. The Morgan fingerprint density at radius 1 is 1.24 bits per heavy atom. The highest BCUT2D eigenvalue weighted by Crippen LogP contribution is 2.46. The molecule has 0 bridgehead atoms. The lowest BCUT2D eigenvalue weighted by molar-refractivity contribution is 0.208. The molecule has 3 atom stereocenters. The van der Waals surface area contributed by atoms with Crippen LogP contribution in [0.4, 0.5) is 0 Å². The number of benzene rings is 1. The van der Waals surface area contributed by atoms with E-state index in [1.807, 2.05) is 7.11 Å². The zero-order valence-electron chi connectivity index (χ0n) is 14.0. The highest BCUT2D eigenvalue weighted by molar-refractivity contribution is 5.29. The SMILES string of the molecule is COC1=C(C)C(CC=C(C)C)C(c2ccccc2)C(C)C1. The van der Waals surface area contributed by atoms with Crippen LogP contribution in [0.15, 0.2) is 53.3 Å². The molecule has 0 aromatic heterocycles. The van der Waals surface area contributed by atoms with E-state index in [0.717, 1.165) is 12.8 Å². The van der Waals surface area contributed by atoms with Crippen LogP contribution in [0.2, 0.25) is 0 Å². The molecule has 0 fully saturated rings. The quantitative estimate of drug-likeness (QED) is 0.644. The Balaban J connectivity index is 2.40. The third-order valence-corrected chi connectivity index (χ3v) is 4.76. The summed E-state index contributed by atoms with van der Waals surface area (Å²) in [6.45, 7) is 8.98. The fourth-order valence-corrected chi connectivity index (χ4v) is 3.62. The molecule has 0 heterocycles. The van der Waals surface area contributed by atoms with Crippen LogP contribution in [-0.4, -0.2) is 7.11 Å². The van der Waals surface area contributed by atoms with Gasteiger partial charge in [-0.25, -0.2) is 0 Å². The van der Waals surface area contributed by atoms with E-state index in [-0.39, 0.29) is 0 Å². The van der Waals surface area contributed by atoms with Crippen molar-refractivity contribution in [3.63, 3.8) is 0 Å². The number of rotatable bonds is 4. The standard InChI is InChI=1S/C20H28O/c1-14(2)11-12-18-16(4)19(21-5)13-15(3)20(18)17-9-7-6-8-10-17/h6-11,15,18,20H,12-13H2,1-5H3. The predicted octanol–water partition coefficient (Wildman–Crippen LogP) is 5.70. The number of hydrogen-bond donors (Lipinski definition) is 0. The average Bonchev–Trinajstić information content (AvgIpc) is 2.48. The van der Waals surface area contributed by atoms with Gasteiger partial charge < -0.3 is 4.74 Å². The Bertz CT molecular complexity index is 520. The Kier molecular flexibility index (Phi) is 5.27. The fraction of sp³-hybridized carbons (Fsp3) is 0.500. The van der Waals surface area contributed by atoms with Gasteiger partial charge in [-0.1, -0.05) is 48.9 Å². The van der Waals surface area contributed by atoms with Crippen LogP contribution in [0, 0.1) is 11.8 Å². The molecule has 3 unspecified atom stereocenters. The summed E-state index contributed by atoms with van der Waals surface area (Å²) in [5.41, 5.74) is 4.29. The number of allylic oxidation sites excluding steroid dienone is 4. The molecule has 1 aliphatic carbocycles. The van der Waals surface area contributed by atoms with Crippen LogP contribution in [-0.2, 0) is 4.74 Å². The van der Waals surface area contributed by atoms with Gasteiger partial charge in [0, 0.05) is 6.42 Å². The van der Waals surface area contributed by atoms with E-state index >= 15 is 0 Å². The molecular weight excluding hydrogens is 256 g/mol. The van der Waals surface area contributed by atoms with E-state index in [2.05, 4.69) is 64.1 Å². The molecule has 0 amide bonds. The minimum absolute atomic E-state index is 0.543. The van der Waals surface area contributed by atoms with Crippen molar-refractivity contribution in [2.24, 2.45) is 11.8 Å². The van der Waals surface area contributed by atoms with Crippen molar-refractivity contribution < 1.29 is 4.74 Å². The molecule has 114 valence electrons. The van der Waals surface area contributed by atoms with Crippen molar-refractivity contribution in [2.45, 2.75) is 46.5 Å². The molecule has 1 aliphatic rings. The normalized spacial score (nSPS) is 25.7. The van der Waals surface area contributed by atoms with Crippen molar-refractivity contribution in [2.75, 3.05) is 7.11 Å². The minimum Gasteiger partial charge on any atom is -0.501 e. The lowest BCUT2D eigenvalue weighted by Crippen LogP contribution is -2.27. The van der Waals surface area contributed by atoms with Crippen LogP contribution in [0.3, 0.4) is 0 Å². The molecule has 21 heavy (non-hydrogen) atoms. The third-order valence-electron chi connectivity index (χ3n) is 4.76. The van der Waals surface area contributed by atoms with Gasteiger partial charge in [-0.2, -0.15) is 0 Å². The predicted molar refractivity (Wildman–Crippen MR) is 90.2 cm³/mol. The number of ether oxygens (including phenoxy) is 1. The van der Waals surface area contributed by atoms with Crippen LogP contribution >= 0.6 is 0 Å². The van der Waals surface area contributed by atoms with Crippen LogP contribution < -0.4 is 0 Å². The highest BCUT2D eigenvalue weighted by atomic mass is 16.5. The van der Waals surface area contributed by atoms with Gasteiger partial charge in [-0.05, 0) is 56.1 Å². The first kappa shape index (κ1) is 15.9. The number of methoxy groups -OCH3 is 1. The second-order valence-electron chi connectivity index (χ2n) is 6.55. The highest BCUT2D eigenvalue weighted by Gasteiger charge is 2.35. The molecule has 1 aromatic carbocycles. The molecule has 1 nitrogen and oxygen atoms in total. The second kappa shape index (κ2) is 6.98. The van der Waals surface area contributed by atoms with Crippen LogP contribution in [0.5, 0.6) is 0 Å². The Hall–Kier alpha value is -1.50. The third kappa shape index (κ3) is 3.58. The summed E-state index contributed by atoms with van der Waals surface area (Å²) in [4.78, 5) is 0. The molecule has 1 aromatic rings. The maximum absolute atomic E-state index is 5.65. The van der Waals surface area contributed by atoms with E-state index in [1.165, 1.54) is 22.5 Å². The molecule has 2 rings (SSSR count). The van der Waals surface area contributed by atoms with Gasteiger partial charge in [-0.15, -0.1) is 0 Å². The summed E-state index contributed by atoms with van der Waals surface area (Å²) in [5, 5.41) is 0. The first-order valence-electron chi connectivity index (χ1n) is 7.96. The molecule has 1 heteroatoms. The van der Waals surface area contributed by atoms with Gasteiger partial charge in [0.15, 0.2) is 0 Å². The van der Waals surface area contributed by atoms with Gasteiger partial charge in [0.05, 0.1) is 12.9 Å². The van der Waals surface area contributed by atoms with Gasteiger partial charge in [0.2, 0.25) is 0 Å². The van der Waals surface area contributed by atoms with E-state index < -0.39 is 0 Å². The van der Waals surface area contributed by atoms with Crippen molar-refractivity contribution in [3.05, 3.63) is 58.9 Å². The molecule has 0 N–H and O–H groups in total. The zero-order chi connectivity index (χ0) is 15.4. The summed E-state index contributed by atoms with van der Waals surface area (Å²) in [7, 11) is 1.81. The summed E-state index contributed by atoms with van der Waals surface area (Å²) in [5.74, 6) is 2.94. The van der Waals surface area contributed by atoms with E-state index in [9.17, 15) is 0 Å². The lowest BCUT2D eigenvalue weighted by Gasteiger charge is -2.38. The number of hydrogen-bond acceptors (Lipinski definition) is 1. The Morgan fingerprint density at radius 3 is 2.48 bits per heavy atom. The fourth-order valence-electron chi connectivity index (χ4n) is 3.62. The topological polar surface area (TPSA) is 9.23 Å². The first-order chi connectivity index (χ1) is 10.0. The zero-order valence-corrected chi connectivity index (χ0v) is 14.0. The van der Waals surface area contributed by atoms with E-state index in [1.54, 1.807) is 0 Å². The largest absolute Gasteiger partial charge is 0.501 e. The van der Waals surface area contributed by atoms with Crippen molar-refractivity contribution in [1.29, 1.82) is 0 Å². The molecule has 0 radical (unpaired) electrons. The summed E-state index contributed by atoms with van der Waals surface area (Å²) >= 11 is 0. The van der Waals surface area contributed by atoms with Crippen molar-refractivity contribution in [1.82, 2.24) is 0 Å². The smallest absolute Gasteiger partial charge is 0.0950 e. The summed E-state index contributed by atoms with van der Waals surface area (Å²) < 4.78 is 5.65. The van der Waals surface area contributed by atoms with Gasteiger partial charge in [0.1, 0.15) is 0 Å². The average molecular weight is 284 g/mol. The summed E-state index contributed by atoms with van der Waals surface area (Å²) in [6.07, 6.45) is 4.52. The minimum atomic E-state index is 0.543. The van der Waals surface area contributed by atoms with E-state index in [4.69, 9.17) is 4.74 Å². The monoisotopic (exact) mass is 284 g/mol. The van der Waals surface area contributed by atoms with E-state index in [0.29, 0.717) is 17.8 Å². The molecule has 0 aliphatic heterocycles. The van der Waals surface area contributed by atoms with Gasteiger partial charge in [0.25, 0.3) is 0 Å². The van der Waals surface area contributed by atoms with Crippen LogP contribution in [0.1, 0.15) is 52.0 Å². The summed E-state index contributed by atoms with van der Waals surface area (Å²) in [6, 6.07) is 11.0. The lowest BCUT2D eigenvalue weighted by atomic mass is 9.68. The maximum Gasteiger partial charge on any atom is 0.0950 e. The molecular formula is C20H28O. The second-order valence-corrected chi connectivity index (χ2v) is 6.55. The van der Waals surface area contributed by atoms with Crippen LogP contribution in [0.25, 0.3) is 0 Å². The van der Waals surface area contributed by atoms with Crippen molar-refractivity contribution in [3.8, 4) is 0 Å².